The Balaban J connectivity index is 1.55. The molecule has 2 aromatic heterocycles. The number of aryl methyl sites for hydroxylation is 1. The van der Waals surface area contributed by atoms with E-state index >= 15 is 0 Å². The summed E-state index contributed by atoms with van der Waals surface area (Å²) in [5.41, 5.74) is 6.26. The summed E-state index contributed by atoms with van der Waals surface area (Å²) in [5.74, 6) is -0.697. The summed E-state index contributed by atoms with van der Waals surface area (Å²) in [7, 11) is 1.82. The summed E-state index contributed by atoms with van der Waals surface area (Å²) in [4.78, 5) is 19.1. The van der Waals surface area contributed by atoms with Crippen molar-refractivity contribution in [3.8, 4) is 10.6 Å². The minimum absolute atomic E-state index is 0.0888. The van der Waals surface area contributed by atoms with Gasteiger partial charge in [-0.15, -0.1) is 11.3 Å². The van der Waals surface area contributed by atoms with E-state index in [1.165, 1.54) is 11.4 Å². The summed E-state index contributed by atoms with van der Waals surface area (Å²) in [5, 5.41) is 8.71. The highest BCUT2D eigenvalue weighted by Gasteiger charge is 2.25. The lowest BCUT2D eigenvalue weighted by Crippen LogP contribution is -2.39. The number of rotatable bonds is 5. The second-order valence-electron chi connectivity index (χ2n) is 7.28. The average molecular weight is 433 g/mol. The molecule has 0 aliphatic carbocycles. The third-order valence-electron chi connectivity index (χ3n) is 5.22. The Bertz CT molecular complexity index is 1050. The number of carbonyl (C=O) groups is 1. The normalized spacial score (nSPS) is 16.7. The monoisotopic (exact) mass is 432 g/mol. The lowest BCUT2D eigenvalue weighted by atomic mass is 9.98. The van der Waals surface area contributed by atoms with Crippen LogP contribution in [0.1, 0.15) is 23.3 Å². The van der Waals surface area contributed by atoms with Gasteiger partial charge < -0.3 is 16.0 Å². The number of nitrogens with one attached hydrogen (secondary N) is 1. The SMILES string of the molecule is Cn1ncc(NC(=O)c2csc(-c3c(F)cccc3F)n2)c1N1CCCC(CN)C1. The fourth-order valence-corrected chi connectivity index (χ4v) is 4.57. The highest BCUT2D eigenvalue weighted by molar-refractivity contribution is 7.13. The fraction of sp³-hybridized carbons (Fsp3) is 0.350. The van der Waals surface area contributed by atoms with Crippen LogP contribution in [0.2, 0.25) is 0 Å². The maximum Gasteiger partial charge on any atom is 0.275 e. The molecule has 4 rings (SSSR count). The number of amides is 1. The van der Waals surface area contributed by atoms with Gasteiger partial charge in [-0.2, -0.15) is 5.10 Å². The first kappa shape index (κ1) is 20.4. The van der Waals surface area contributed by atoms with E-state index in [2.05, 4.69) is 20.3 Å². The van der Waals surface area contributed by atoms with E-state index in [1.54, 1.807) is 10.9 Å². The van der Waals surface area contributed by atoms with Gasteiger partial charge in [-0.25, -0.2) is 13.8 Å². The molecular formula is C20H22F2N6OS. The molecule has 1 atom stereocenters. The van der Waals surface area contributed by atoms with Gasteiger partial charge in [-0.05, 0) is 37.4 Å². The molecule has 0 spiro atoms. The van der Waals surface area contributed by atoms with Crippen LogP contribution in [0.4, 0.5) is 20.3 Å². The second-order valence-corrected chi connectivity index (χ2v) is 8.14. The van der Waals surface area contributed by atoms with Crippen LogP contribution in [0, 0.1) is 17.6 Å². The number of benzene rings is 1. The van der Waals surface area contributed by atoms with Gasteiger partial charge in [0.05, 0.1) is 11.8 Å². The van der Waals surface area contributed by atoms with Gasteiger partial charge in [0, 0.05) is 25.5 Å². The Morgan fingerprint density at radius 2 is 2.13 bits per heavy atom. The van der Waals surface area contributed by atoms with Gasteiger partial charge >= 0.3 is 0 Å². The predicted molar refractivity (Wildman–Crippen MR) is 113 cm³/mol. The Morgan fingerprint density at radius 1 is 1.37 bits per heavy atom. The molecule has 1 amide bonds. The molecule has 158 valence electrons. The van der Waals surface area contributed by atoms with Crippen molar-refractivity contribution < 1.29 is 13.6 Å². The minimum atomic E-state index is -0.717. The van der Waals surface area contributed by atoms with Crippen molar-refractivity contribution in [3.63, 3.8) is 0 Å². The van der Waals surface area contributed by atoms with Crippen LogP contribution >= 0.6 is 11.3 Å². The van der Waals surface area contributed by atoms with E-state index in [0.717, 1.165) is 55.2 Å². The predicted octanol–water partition coefficient (Wildman–Crippen LogP) is 3.25. The summed E-state index contributed by atoms with van der Waals surface area (Å²) < 4.78 is 29.8. The molecule has 10 heteroatoms. The van der Waals surface area contributed by atoms with Crippen molar-refractivity contribution in [2.75, 3.05) is 29.9 Å². The second kappa shape index (κ2) is 8.49. The molecule has 3 N–H and O–H groups in total. The molecule has 1 unspecified atom stereocenters. The van der Waals surface area contributed by atoms with Crippen LogP contribution in [0.15, 0.2) is 29.8 Å². The zero-order chi connectivity index (χ0) is 21.3. The highest BCUT2D eigenvalue weighted by Crippen LogP contribution is 2.31. The summed E-state index contributed by atoms with van der Waals surface area (Å²) >= 11 is 1.01. The zero-order valence-corrected chi connectivity index (χ0v) is 17.3. The Labute approximate surface area is 176 Å². The first-order valence-electron chi connectivity index (χ1n) is 9.66. The Kier molecular flexibility index (Phi) is 5.78. The summed E-state index contributed by atoms with van der Waals surface area (Å²) in [6, 6.07) is 3.61. The molecule has 3 aromatic rings. The summed E-state index contributed by atoms with van der Waals surface area (Å²) in [6.45, 7) is 2.27. The third-order valence-corrected chi connectivity index (χ3v) is 6.08. The van der Waals surface area contributed by atoms with Gasteiger partial charge in [-0.3, -0.25) is 9.48 Å². The van der Waals surface area contributed by atoms with Crippen LogP contribution in [-0.4, -0.2) is 40.3 Å². The van der Waals surface area contributed by atoms with Crippen LogP contribution in [0.3, 0.4) is 0 Å². The van der Waals surface area contributed by atoms with E-state index in [4.69, 9.17) is 5.73 Å². The maximum atomic E-state index is 14.0. The number of thiazole rings is 1. The Morgan fingerprint density at radius 3 is 2.87 bits per heavy atom. The van der Waals surface area contributed by atoms with E-state index in [-0.39, 0.29) is 16.3 Å². The number of nitrogens with zero attached hydrogens (tertiary/aromatic N) is 4. The van der Waals surface area contributed by atoms with Crippen molar-refractivity contribution >= 4 is 28.7 Å². The number of nitrogens with two attached hydrogens (primary N) is 1. The minimum Gasteiger partial charge on any atom is -0.355 e. The van der Waals surface area contributed by atoms with Crippen LogP contribution < -0.4 is 16.0 Å². The van der Waals surface area contributed by atoms with Crippen LogP contribution in [-0.2, 0) is 7.05 Å². The number of halogens is 2. The van der Waals surface area contributed by atoms with Gasteiger partial charge in [0.2, 0.25) is 0 Å². The fourth-order valence-electron chi connectivity index (χ4n) is 3.73. The Hall–Kier alpha value is -2.85. The first-order valence-corrected chi connectivity index (χ1v) is 10.5. The standard InChI is InChI=1S/C20H22F2N6OS/c1-27-20(28-7-3-4-12(8-23)10-28)15(9-24-27)25-18(29)16-11-30-19(26-16)17-13(21)5-2-6-14(17)22/h2,5-6,9,11-12H,3-4,7-8,10,23H2,1H3,(H,25,29). The van der Waals surface area contributed by atoms with Crippen molar-refractivity contribution in [1.82, 2.24) is 14.8 Å². The molecule has 3 heterocycles. The molecule has 0 bridgehead atoms. The smallest absolute Gasteiger partial charge is 0.275 e. The third kappa shape index (κ3) is 3.92. The number of carbonyl (C=O) groups excluding carboxylic acids is 1. The van der Waals surface area contributed by atoms with Crippen molar-refractivity contribution in [1.29, 1.82) is 0 Å². The topological polar surface area (TPSA) is 89.1 Å². The molecule has 0 saturated carbocycles. The van der Waals surface area contributed by atoms with Gasteiger partial charge in [-0.1, -0.05) is 6.07 Å². The van der Waals surface area contributed by atoms with E-state index in [1.807, 2.05) is 7.05 Å². The van der Waals surface area contributed by atoms with Crippen molar-refractivity contribution in [2.24, 2.45) is 18.7 Å². The lowest BCUT2D eigenvalue weighted by molar-refractivity contribution is 0.102. The van der Waals surface area contributed by atoms with E-state index in [0.29, 0.717) is 18.2 Å². The molecule has 1 fully saturated rings. The number of piperidine rings is 1. The number of aromatic nitrogens is 3. The van der Waals surface area contributed by atoms with Crippen LogP contribution in [0.25, 0.3) is 10.6 Å². The first-order chi connectivity index (χ1) is 14.5. The van der Waals surface area contributed by atoms with Gasteiger partial charge in [0.25, 0.3) is 5.91 Å². The average Bonchev–Trinajstić information content (AvgIpc) is 3.35. The van der Waals surface area contributed by atoms with E-state index < -0.39 is 17.5 Å². The largest absolute Gasteiger partial charge is 0.355 e. The molecule has 1 aliphatic rings. The van der Waals surface area contributed by atoms with Gasteiger partial charge in [0.15, 0.2) is 5.82 Å². The molecule has 7 nitrogen and oxygen atoms in total. The quantitative estimate of drug-likeness (QED) is 0.646. The van der Waals surface area contributed by atoms with Gasteiger partial charge in [0.1, 0.15) is 28.0 Å². The number of hydrogen-bond donors (Lipinski definition) is 2. The molecule has 1 saturated heterocycles. The molecule has 1 aromatic carbocycles. The number of hydrogen-bond acceptors (Lipinski definition) is 6. The summed E-state index contributed by atoms with van der Waals surface area (Å²) in [6.07, 6.45) is 3.69. The number of anilines is 2. The highest BCUT2D eigenvalue weighted by atomic mass is 32.1. The maximum absolute atomic E-state index is 14.0. The molecular weight excluding hydrogens is 410 g/mol. The molecule has 0 radical (unpaired) electrons. The van der Waals surface area contributed by atoms with Crippen LogP contribution in [0.5, 0.6) is 0 Å². The zero-order valence-electron chi connectivity index (χ0n) is 16.4. The van der Waals surface area contributed by atoms with E-state index in [9.17, 15) is 13.6 Å². The molecule has 1 aliphatic heterocycles. The lowest BCUT2D eigenvalue weighted by Gasteiger charge is -2.34. The molecule has 30 heavy (non-hydrogen) atoms. The van der Waals surface area contributed by atoms with Crippen molar-refractivity contribution in [3.05, 3.63) is 47.1 Å². The van der Waals surface area contributed by atoms with Crippen molar-refractivity contribution in [2.45, 2.75) is 12.8 Å².